The fraction of sp³-hybridized carbons (Fsp3) is 0.368. The lowest BCUT2D eigenvalue weighted by molar-refractivity contribution is 0.0748. The lowest BCUT2D eigenvalue weighted by Crippen LogP contribution is -2.36. The van der Waals surface area contributed by atoms with Gasteiger partial charge in [-0.3, -0.25) is 9.59 Å². The van der Waals surface area contributed by atoms with Crippen LogP contribution in [0.2, 0.25) is 5.02 Å². The van der Waals surface area contributed by atoms with Gasteiger partial charge in [0, 0.05) is 29.9 Å². The molecule has 0 spiro atoms. The Morgan fingerprint density at radius 2 is 1.96 bits per heavy atom. The van der Waals surface area contributed by atoms with Gasteiger partial charge >= 0.3 is 0 Å². The van der Waals surface area contributed by atoms with E-state index in [1.807, 2.05) is 13.8 Å². The van der Waals surface area contributed by atoms with Crippen LogP contribution < -0.4 is 5.56 Å². The Hall–Kier alpha value is -2.14. The van der Waals surface area contributed by atoms with E-state index in [1.165, 1.54) is 21.6 Å². The van der Waals surface area contributed by atoms with Crippen LogP contribution in [0.5, 0.6) is 0 Å². The average molecular weight is 365 g/mol. The summed E-state index contributed by atoms with van der Waals surface area (Å²) in [5.41, 5.74) is 0.812. The number of pyridine rings is 1. The molecule has 0 N–H and O–H groups in total. The Morgan fingerprint density at radius 3 is 2.52 bits per heavy atom. The normalized spacial score (nSPS) is 11.0. The van der Waals surface area contributed by atoms with Gasteiger partial charge in [0.2, 0.25) is 0 Å². The third-order valence-corrected chi connectivity index (χ3v) is 4.60. The van der Waals surface area contributed by atoms with Gasteiger partial charge in [0.05, 0.1) is 6.54 Å². The molecule has 134 valence electrons. The summed E-state index contributed by atoms with van der Waals surface area (Å²) in [5.74, 6) is -0.735. The van der Waals surface area contributed by atoms with E-state index in [9.17, 15) is 14.0 Å². The van der Waals surface area contributed by atoms with Crippen LogP contribution in [-0.4, -0.2) is 21.9 Å². The molecule has 2 aromatic rings. The fourth-order valence-corrected chi connectivity index (χ4v) is 2.99. The largest absolute Gasteiger partial charge is 0.334 e. The number of aromatic nitrogens is 1. The standard InChI is InChI=1S/C19H22ClFN2O2/c1-5-23(11-14-15(20)7-6-8-16(14)21)19(25)13-9-10-17(12(2)3)22(4)18(13)24/h6-10,12H,5,11H2,1-4H3. The van der Waals surface area contributed by atoms with Gasteiger partial charge in [0.15, 0.2) is 0 Å². The first-order valence-electron chi connectivity index (χ1n) is 8.20. The molecular weight excluding hydrogens is 343 g/mol. The number of carbonyl (C=O) groups is 1. The zero-order valence-electron chi connectivity index (χ0n) is 14.8. The third kappa shape index (κ3) is 3.93. The van der Waals surface area contributed by atoms with Gasteiger partial charge in [-0.15, -0.1) is 0 Å². The molecule has 0 bridgehead atoms. The number of hydrogen-bond acceptors (Lipinski definition) is 2. The quantitative estimate of drug-likeness (QED) is 0.805. The molecule has 0 radical (unpaired) electrons. The van der Waals surface area contributed by atoms with E-state index in [2.05, 4.69) is 0 Å². The topological polar surface area (TPSA) is 42.3 Å². The van der Waals surface area contributed by atoms with Crippen molar-refractivity contribution in [3.63, 3.8) is 0 Å². The summed E-state index contributed by atoms with van der Waals surface area (Å²) in [6.07, 6.45) is 0. The van der Waals surface area contributed by atoms with E-state index in [0.29, 0.717) is 6.54 Å². The molecule has 0 aliphatic heterocycles. The Bertz CT molecular complexity index is 826. The Kier molecular flexibility index (Phi) is 6.01. The maximum absolute atomic E-state index is 14.0. The smallest absolute Gasteiger partial charge is 0.263 e. The van der Waals surface area contributed by atoms with Crippen LogP contribution in [0.4, 0.5) is 4.39 Å². The first-order valence-corrected chi connectivity index (χ1v) is 8.57. The molecule has 0 saturated heterocycles. The number of benzene rings is 1. The molecule has 1 aromatic heterocycles. The van der Waals surface area contributed by atoms with Gasteiger partial charge in [-0.25, -0.2) is 4.39 Å². The van der Waals surface area contributed by atoms with Crippen LogP contribution in [0.1, 0.15) is 48.3 Å². The van der Waals surface area contributed by atoms with Crippen LogP contribution in [0.3, 0.4) is 0 Å². The van der Waals surface area contributed by atoms with Gasteiger partial charge < -0.3 is 9.47 Å². The lowest BCUT2D eigenvalue weighted by atomic mass is 10.1. The van der Waals surface area contributed by atoms with Crippen molar-refractivity contribution in [3.05, 3.63) is 68.3 Å². The van der Waals surface area contributed by atoms with Gasteiger partial charge in [0.25, 0.3) is 11.5 Å². The highest BCUT2D eigenvalue weighted by molar-refractivity contribution is 6.31. The van der Waals surface area contributed by atoms with Crippen LogP contribution in [0.15, 0.2) is 35.1 Å². The molecule has 0 unspecified atom stereocenters. The number of carbonyl (C=O) groups excluding carboxylic acids is 1. The van der Waals surface area contributed by atoms with Gasteiger partial charge in [0.1, 0.15) is 11.4 Å². The summed E-state index contributed by atoms with van der Waals surface area (Å²) < 4.78 is 15.5. The average Bonchev–Trinajstić information content (AvgIpc) is 2.56. The Balaban J connectivity index is 2.38. The van der Waals surface area contributed by atoms with Crippen molar-refractivity contribution < 1.29 is 9.18 Å². The zero-order chi connectivity index (χ0) is 18.7. The summed E-state index contributed by atoms with van der Waals surface area (Å²) in [6, 6.07) is 7.72. The second kappa shape index (κ2) is 7.83. The number of rotatable bonds is 5. The molecule has 1 amide bonds. The molecule has 0 aliphatic rings. The molecule has 1 heterocycles. The van der Waals surface area contributed by atoms with Gasteiger partial charge in [-0.1, -0.05) is 31.5 Å². The predicted molar refractivity (Wildman–Crippen MR) is 97.6 cm³/mol. The van der Waals surface area contributed by atoms with Gasteiger partial charge in [-0.2, -0.15) is 0 Å². The van der Waals surface area contributed by atoms with E-state index in [0.717, 1.165) is 5.69 Å². The molecule has 6 heteroatoms. The predicted octanol–water partition coefficient (Wildman–Crippen LogP) is 3.96. The van der Waals surface area contributed by atoms with Crippen LogP contribution in [0.25, 0.3) is 0 Å². The van der Waals surface area contributed by atoms with E-state index >= 15 is 0 Å². The lowest BCUT2D eigenvalue weighted by Gasteiger charge is -2.22. The fourth-order valence-electron chi connectivity index (χ4n) is 2.76. The van der Waals surface area contributed by atoms with Crippen molar-refractivity contribution in [1.29, 1.82) is 0 Å². The minimum absolute atomic E-state index is 0.00985. The molecular formula is C19H22ClFN2O2. The number of halogens is 2. The molecule has 0 fully saturated rings. The zero-order valence-corrected chi connectivity index (χ0v) is 15.6. The van der Waals surface area contributed by atoms with E-state index in [4.69, 9.17) is 11.6 Å². The van der Waals surface area contributed by atoms with Crippen LogP contribution in [0, 0.1) is 5.82 Å². The van der Waals surface area contributed by atoms with Crippen molar-refractivity contribution in [3.8, 4) is 0 Å². The first kappa shape index (κ1) is 19.2. The van der Waals surface area contributed by atoms with E-state index < -0.39 is 11.7 Å². The SMILES string of the molecule is CCN(Cc1c(F)cccc1Cl)C(=O)c1ccc(C(C)C)n(C)c1=O. The maximum atomic E-state index is 14.0. The monoisotopic (exact) mass is 364 g/mol. The second-order valence-electron chi connectivity index (χ2n) is 6.21. The summed E-state index contributed by atoms with van der Waals surface area (Å²) in [5, 5.41) is 0.259. The molecule has 0 saturated carbocycles. The number of nitrogens with zero attached hydrogens (tertiary/aromatic N) is 2. The van der Waals surface area contributed by atoms with Crippen LogP contribution >= 0.6 is 11.6 Å². The van der Waals surface area contributed by atoms with Crippen molar-refractivity contribution in [1.82, 2.24) is 9.47 Å². The van der Waals surface area contributed by atoms with Crippen molar-refractivity contribution in [2.24, 2.45) is 7.05 Å². The first-order chi connectivity index (χ1) is 11.8. The van der Waals surface area contributed by atoms with Crippen LogP contribution in [-0.2, 0) is 13.6 Å². The maximum Gasteiger partial charge on any atom is 0.263 e. The Labute approximate surface area is 151 Å². The van der Waals surface area contributed by atoms with Gasteiger partial charge in [-0.05, 0) is 37.1 Å². The Morgan fingerprint density at radius 1 is 1.28 bits per heavy atom. The number of hydrogen-bond donors (Lipinski definition) is 0. The molecule has 2 rings (SSSR count). The third-order valence-electron chi connectivity index (χ3n) is 4.24. The highest BCUT2D eigenvalue weighted by Gasteiger charge is 2.21. The second-order valence-corrected chi connectivity index (χ2v) is 6.62. The molecule has 1 aromatic carbocycles. The summed E-state index contributed by atoms with van der Waals surface area (Å²) in [4.78, 5) is 26.8. The molecule has 0 aliphatic carbocycles. The van der Waals surface area contributed by atoms with Crippen molar-refractivity contribution in [2.75, 3.05) is 6.54 Å². The summed E-state index contributed by atoms with van der Waals surface area (Å²) >= 11 is 6.05. The highest BCUT2D eigenvalue weighted by Crippen LogP contribution is 2.21. The summed E-state index contributed by atoms with van der Waals surface area (Å²) in [6.45, 7) is 6.08. The van der Waals surface area contributed by atoms with Crippen molar-refractivity contribution >= 4 is 17.5 Å². The molecule has 4 nitrogen and oxygen atoms in total. The van der Waals surface area contributed by atoms with E-state index in [-0.39, 0.29) is 34.2 Å². The minimum atomic E-state index is -0.471. The molecule has 0 atom stereocenters. The van der Waals surface area contributed by atoms with E-state index in [1.54, 1.807) is 32.2 Å². The molecule has 25 heavy (non-hydrogen) atoms. The highest BCUT2D eigenvalue weighted by atomic mass is 35.5. The minimum Gasteiger partial charge on any atom is -0.334 e. The van der Waals surface area contributed by atoms with Crippen molar-refractivity contribution in [2.45, 2.75) is 33.2 Å². The summed E-state index contributed by atoms with van der Waals surface area (Å²) in [7, 11) is 1.65. The number of amides is 1.